The van der Waals surface area contributed by atoms with Crippen LogP contribution in [0.15, 0.2) is 24.3 Å². The molecule has 2 saturated carbocycles. The maximum absolute atomic E-state index is 12.5. The molecule has 0 radical (unpaired) electrons. The predicted octanol–water partition coefficient (Wildman–Crippen LogP) is 3.84. The molecule has 1 saturated heterocycles. The summed E-state index contributed by atoms with van der Waals surface area (Å²) >= 11 is 0. The second-order valence-corrected chi connectivity index (χ2v) is 8.86. The van der Waals surface area contributed by atoms with Gasteiger partial charge in [0.2, 0.25) is 5.91 Å². The number of hydrogen-bond donors (Lipinski definition) is 1. The number of carbonyl (C=O) groups is 1. The van der Waals surface area contributed by atoms with Crippen LogP contribution in [0.5, 0.6) is 5.75 Å². The molecule has 1 aromatic carbocycles. The summed E-state index contributed by atoms with van der Waals surface area (Å²) in [6.45, 7) is 3.20. The van der Waals surface area contributed by atoms with Gasteiger partial charge in [-0.25, -0.2) is 0 Å². The van der Waals surface area contributed by atoms with Crippen molar-refractivity contribution in [2.75, 3.05) is 13.1 Å². The Morgan fingerprint density at radius 3 is 2.59 bits per heavy atom. The van der Waals surface area contributed by atoms with Gasteiger partial charge in [-0.3, -0.25) is 4.79 Å². The number of ether oxygens (including phenoxy) is 1. The van der Waals surface area contributed by atoms with Gasteiger partial charge in [-0.2, -0.15) is 0 Å². The van der Waals surface area contributed by atoms with Gasteiger partial charge in [0.1, 0.15) is 5.75 Å². The van der Waals surface area contributed by atoms with Crippen LogP contribution >= 0.6 is 0 Å². The van der Waals surface area contributed by atoms with E-state index >= 15 is 0 Å². The number of aliphatic hydroxyl groups is 1. The molecular weight excluding hydrogens is 359 g/mol. The topological polar surface area (TPSA) is 49.8 Å². The summed E-state index contributed by atoms with van der Waals surface area (Å²) in [5.41, 5.74) is 0.256. The summed E-state index contributed by atoms with van der Waals surface area (Å²) < 4.78 is 41.3. The highest BCUT2D eigenvalue weighted by molar-refractivity contribution is 5.81. The lowest BCUT2D eigenvalue weighted by Crippen LogP contribution is -2.61. The first-order chi connectivity index (χ1) is 12.5. The van der Waals surface area contributed by atoms with Crippen LogP contribution in [0.4, 0.5) is 13.2 Å². The quantitative estimate of drug-likeness (QED) is 0.863. The maximum atomic E-state index is 12.5. The van der Waals surface area contributed by atoms with Crippen LogP contribution in [0.1, 0.15) is 50.5 Å². The van der Waals surface area contributed by atoms with Crippen molar-refractivity contribution in [3.05, 3.63) is 29.8 Å². The predicted molar refractivity (Wildman–Crippen MR) is 92.1 cm³/mol. The first kappa shape index (κ1) is 18.6. The Balaban J connectivity index is 1.34. The number of rotatable bonds is 3. The van der Waals surface area contributed by atoms with Crippen LogP contribution in [-0.2, 0) is 4.79 Å². The van der Waals surface area contributed by atoms with Crippen LogP contribution in [-0.4, -0.2) is 41.0 Å². The Morgan fingerprint density at radius 2 is 1.96 bits per heavy atom. The third-order valence-electron chi connectivity index (χ3n) is 6.35. The normalized spacial score (nSPS) is 32.1. The minimum Gasteiger partial charge on any atom is -0.406 e. The number of likely N-dealkylation sites (tertiary alicyclic amines) is 1. The molecule has 4 nitrogen and oxygen atoms in total. The van der Waals surface area contributed by atoms with E-state index in [1.165, 1.54) is 12.1 Å². The van der Waals surface area contributed by atoms with Gasteiger partial charge in [-0.1, -0.05) is 12.1 Å². The second-order valence-electron chi connectivity index (χ2n) is 8.86. The van der Waals surface area contributed by atoms with E-state index in [0.717, 1.165) is 37.9 Å². The van der Waals surface area contributed by atoms with E-state index in [-0.39, 0.29) is 28.9 Å². The average Bonchev–Trinajstić information content (AvgIpc) is 2.94. The minimum absolute atomic E-state index is 0.0641. The number of benzene rings is 1. The molecule has 4 rings (SSSR count). The zero-order chi connectivity index (χ0) is 19.4. The lowest BCUT2D eigenvalue weighted by molar-refractivity contribution is -0.274. The van der Waals surface area contributed by atoms with Crippen LogP contribution in [0.25, 0.3) is 0 Å². The smallest absolute Gasteiger partial charge is 0.406 e. The fraction of sp³-hybridized carbons (Fsp3) is 0.650. The van der Waals surface area contributed by atoms with E-state index in [1.54, 1.807) is 13.0 Å². The summed E-state index contributed by atoms with van der Waals surface area (Å²) in [7, 11) is 0. The summed E-state index contributed by atoms with van der Waals surface area (Å²) in [6, 6.07) is 6.25. The van der Waals surface area contributed by atoms with Crippen molar-refractivity contribution < 1.29 is 27.8 Å². The van der Waals surface area contributed by atoms with Crippen LogP contribution in [0, 0.1) is 11.3 Å². The third-order valence-corrected chi connectivity index (χ3v) is 6.35. The molecule has 1 aliphatic heterocycles. The van der Waals surface area contributed by atoms with Gasteiger partial charge in [-0.15, -0.1) is 13.2 Å². The average molecular weight is 383 g/mol. The van der Waals surface area contributed by atoms with Gasteiger partial charge >= 0.3 is 6.36 Å². The molecule has 27 heavy (non-hydrogen) atoms. The molecule has 0 bridgehead atoms. The molecule has 1 amide bonds. The van der Waals surface area contributed by atoms with Crippen molar-refractivity contribution in [3.8, 4) is 5.75 Å². The highest BCUT2D eigenvalue weighted by Crippen LogP contribution is 2.53. The van der Waals surface area contributed by atoms with Gasteiger partial charge in [0.05, 0.1) is 5.60 Å². The summed E-state index contributed by atoms with van der Waals surface area (Å²) in [5, 5.41) is 9.81. The fourth-order valence-corrected chi connectivity index (χ4v) is 5.10. The first-order valence-corrected chi connectivity index (χ1v) is 9.41. The molecular formula is C20H24F3NO3. The minimum atomic E-state index is -4.68. The van der Waals surface area contributed by atoms with E-state index in [2.05, 4.69) is 4.74 Å². The van der Waals surface area contributed by atoms with Crippen LogP contribution in [0.3, 0.4) is 0 Å². The zero-order valence-electron chi connectivity index (χ0n) is 15.3. The Bertz CT molecular complexity index is 732. The molecule has 1 aromatic rings. The van der Waals surface area contributed by atoms with Crippen molar-refractivity contribution in [2.45, 2.75) is 56.9 Å². The van der Waals surface area contributed by atoms with Gasteiger partial charge in [0.25, 0.3) is 0 Å². The number of hydrogen-bond acceptors (Lipinski definition) is 3. The molecule has 1 unspecified atom stereocenters. The van der Waals surface area contributed by atoms with E-state index < -0.39 is 12.0 Å². The Morgan fingerprint density at radius 1 is 1.26 bits per heavy atom. The molecule has 3 aliphatic rings. The molecule has 148 valence electrons. The lowest BCUT2D eigenvalue weighted by Gasteiger charge is -2.52. The Kier molecular flexibility index (Phi) is 4.22. The fourth-order valence-electron chi connectivity index (χ4n) is 5.10. The molecule has 3 fully saturated rings. The number of carbonyl (C=O) groups excluding carboxylic acids is 1. The molecule has 1 atom stereocenters. The number of amides is 1. The van der Waals surface area contributed by atoms with Gasteiger partial charge < -0.3 is 14.7 Å². The van der Waals surface area contributed by atoms with Crippen molar-refractivity contribution in [3.63, 3.8) is 0 Å². The Labute approximate surface area is 156 Å². The second kappa shape index (κ2) is 6.12. The van der Waals surface area contributed by atoms with Gasteiger partial charge in [-0.05, 0) is 62.6 Å². The molecule has 0 aromatic heterocycles. The Hall–Kier alpha value is -1.76. The largest absolute Gasteiger partial charge is 0.573 e. The van der Waals surface area contributed by atoms with Crippen molar-refractivity contribution in [1.82, 2.24) is 4.90 Å². The van der Waals surface area contributed by atoms with Crippen molar-refractivity contribution >= 4 is 5.91 Å². The highest BCUT2D eigenvalue weighted by Gasteiger charge is 2.53. The van der Waals surface area contributed by atoms with Crippen molar-refractivity contribution in [2.24, 2.45) is 11.3 Å². The molecule has 1 N–H and O–H groups in total. The van der Waals surface area contributed by atoms with Crippen LogP contribution in [0.2, 0.25) is 0 Å². The van der Waals surface area contributed by atoms with E-state index in [0.29, 0.717) is 12.8 Å². The summed E-state index contributed by atoms with van der Waals surface area (Å²) in [5.74, 6) is 0.0915. The van der Waals surface area contributed by atoms with Gasteiger partial charge in [0.15, 0.2) is 0 Å². The standard InChI is InChI=1S/C20H24F3NO3/c1-18(26)8-15(9-18)17(25)24-11-19(12-24)6-5-14(10-19)13-3-2-4-16(7-13)27-20(21,22)23/h2-4,7,14-15,26H,5-6,8-12H2,1H3. The number of alkyl halides is 3. The first-order valence-electron chi connectivity index (χ1n) is 9.41. The zero-order valence-corrected chi connectivity index (χ0v) is 15.3. The van der Waals surface area contributed by atoms with Crippen LogP contribution < -0.4 is 4.74 Å². The monoisotopic (exact) mass is 383 g/mol. The number of halogens is 3. The molecule has 2 aliphatic carbocycles. The molecule has 1 heterocycles. The maximum Gasteiger partial charge on any atom is 0.573 e. The van der Waals surface area contributed by atoms with E-state index in [9.17, 15) is 23.1 Å². The SMILES string of the molecule is CC1(O)CC(C(=O)N2CC3(CCC(c4cccc(OC(F)(F)F)c4)C3)C2)C1. The van der Waals surface area contributed by atoms with Gasteiger partial charge in [0, 0.05) is 24.4 Å². The van der Waals surface area contributed by atoms with Crippen molar-refractivity contribution in [1.29, 1.82) is 0 Å². The summed E-state index contributed by atoms with van der Waals surface area (Å²) in [6.07, 6.45) is -0.844. The summed E-state index contributed by atoms with van der Waals surface area (Å²) in [4.78, 5) is 14.3. The molecule has 1 spiro atoms. The molecule has 7 heteroatoms. The van der Waals surface area contributed by atoms with E-state index in [4.69, 9.17) is 0 Å². The lowest BCUT2D eigenvalue weighted by atomic mass is 9.69. The highest BCUT2D eigenvalue weighted by atomic mass is 19.4. The number of nitrogens with zero attached hydrogens (tertiary/aromatic N) is 1. The van der Waals surface area contributed by atoms with E-state index in [1.807, 2.05) is 11.0 Å². The third kappa shape index (κ3) is 3.79.